The van der Waals surface area contributed by atoms with Crippen LogP contribution < -0.4 is 9.64 Å². The zero-order valence-electron chi connectivity index (χ0n) is 24.0. The van der Waals surface area contributed by atoms with E-state index < -0.39 is 17.8 Å². The van der Waals surface area contributed by atoms with Crippen molar-refractivity contribution in [2.45, 2.75) is 37.3 Å². The molecule has 2 aromatic carbocycles. The molecule has 0 spiro atoms. The van der Waals surface area contributed by atoms with Gasteiger partial charge in [-0.25, -0.2) is 11.0 Å². The van der Waals surface area contributed by atoms with E-state index in [-0.39, 0.29) is 18.6 Å². The largest absolute Gasteiger partial charge is 0.461 e. The van der Waals surface area contributed by atoms with Crippen LogP contribution in [-0.2, 0) is 4.79 Å². The van der Waals surface area contributed by atoms with Crippen LogP contribution >= 0.6 is 11.3 Å². The van der Waals surface area contributed by atoms with Gasteiger partial charge in [-0.2, -0.15) is 9.97 Å². The van der Waals surface area contributed by atoms with E-state index in [1.807, 2.05) is 0 Å². The molecule has 1 atom stereocenters. The van der Waals surface area contributed by atoms with Crippen molar-refractivity contribution in [1.29, 1.82) is 0 Å². The van der Waals surface area contributed by atoms with Gasteiger partial charge in [-0.1, -0.05) is 30.8 Å². The van der Waals surface area contributed by atoms with Gasteiger partial charge in [-0.15, -0.1) is 11.3 Å². The summed E-state index contributed by atoms with van der Waals surface area (Å²) < 4.78 is 21.5. The number of amides is 1. The minimum Gasteiger partial charge on any atom is -0.461 e. The fourth-order valence-electron chi connectivity index (χ4n) is 7.18. The molecule has 0 radical (unpaired) electrons. The first kappa shape index (κ1) is 27.7. The Hall–Kier alpha value is -4.07. The number of rotatable bonds is 7. The van der Waals surface area contributed by atoms with E-state index in [1.54, 1.807) is 11.3 Å². The van der Waals surface area contributed by atoms with Crippen LogP contribution in [0, 0.1) is 6.57 Å². The number of aromatic nitrogens is 2. The molecule has 0 saturated carbocycles. The zero-order chi connectivity index (χ0) is 29.6. The number of piperazine rings is 1. The Morgan fingerprint density at radius 3 is 2.77 bits per heavy atom. The molecule has 10 heteroatoms. The van der Waals surface area contributed by atoms with E-state index in [4.69, 9.17) is 21.3 Å². The quantitative estimate of drug-likeness (QED) is 0.194. The molecular weight excluding hydrogens is 563 g/mol. The van der Waals surface area contributed by atoms with Crippen molar-refractivity contribution in [1.82, 2.24) is 19.8 Å². The molecule has 0 unspecified atom stereocenters. The van der Waals surface area contributed by atoms with Crippen molar-refractivity contribution in [2.75, 3.05) is 50.8 Å². The van der Waals surface area contributed by atoms with Gasteiger partial charge < -0.3 is 19.4 Å². The lowest BCUT2D eigenvalue weighted by Gasteiger charge is -2.39. The number of carbonyl (C=O) groups is 1. The van der Waals surface area contributed by atoms with Gasteiger partial charge >= 0.3 is 6.01 Å². The van der Waals surface area contributed by atoms with E-state index >= 15 is 0 Å². The lowest BCUT2D eigenvalue weighted by molar-refractivity contribution is -0.131. The molecule has 5 heterocycles. The van der Waals surface area contributed by atoms with Crippen LogP contribution in [0.2, 0.25) is 0 Å². The SMILES string of the molecule is [C-]#[N+]C[C@H]1CN(c2nc(OCC34CCCN3CCC4)nc3cc(-c4cccc5ccsc45)ccc23)CCN1C(=O)C(=C)F. The van der Waals surface area contributed by atoms with E-state index in [0.717, 1.165) is 48.0 Å². The van der Waals surface area contributed by atoms with Gasteiger partial charge in [-0.05, 0) is 78.9 Å². The van der Waals surface area contributed by atoms with Crippen molar-refractivity contribution >= 4 is 44.1 Å². The highest BCUT2D eigenvalue weighted by molar-refractivity contribution is 7.17. The summed E-state index contributed by atoms with van der Waals surface area (Å²) in [5.74, 6) is -1.06. The van der Waals surface area contributed by atoms with E-state index in [2.05, 4.69) is 69.1 Å². The number of carbonyl (C=O) groups excluding carboxylic acids is 1. The summed E-state index contributed by atoms with van der Waals surface area (Å²) in [6.07, 6.45) is 4.61. The third kappa shape index (κ3) is 5.00. The highest BCUT2D eigenvalue weighted by Gasteiger charge is 2.45. The predicted octanol–water partition coefficient (Wildman–Crippen LogP) is 5.94. The molecule has 220 valence electrons. The van der Waals surface area contributed by atoms with Crippen LogP contribution in [0.25, 0.3) is 37.0 Å². The maximum atomic E-state index is 13.8. The van der Waals surface area contributed by atoms with Crippen molar-refractivity contribution < 1.29 is 13.9 Å². The molecule has 3 aliphatic heterocycles. The zero-order valence-corrected chi connectivity index (χ0v) is 24.8. The number of nitrogens with zero attached hydrogens (tertiary/aromatic N) is 6. The second-order valence-electron chi connectivity index (χ2n) is 11.8. The Balaban J connectivity index is 1.27. The Morgan fingerprint density at radius 1 is 1.14 bits per heavy atom. The summed E-state index contributed by atoms with van der Waals surface area (Å²) in [6, 6.07) is 14.6. The molecular formula is C33H33FN6O2S. The topological polar surface area (TPSA) is 66.2 Å². The minimum absolute atomic E-state index is 0.0522. The lowest BCUT2D eigenvalue weighted by Crippen LogP contribution is -2.56. The summed E-state index contributed by atoms with van der Waals surface area (Å²) in [5.41, 5.74) is 3.04. The second-order valence-corrected chi connectivity index (χ2v) is 12.7. The van der Waals surface area contributed by atoms with Gasteiger partial charge in [0, 0.05) is 29.7 Å². The molecule has 0 aliphatic carbocycles. The first-order chi connectivity index (χ1) is 21.0. The maximum Gasteiger partial charge on any atom is 0.319 e. The van der Waals surface area contributed by atoms with Gasteiger partial charge in [0.05, 0.1) is 11.1 Å². The van der Waals surface area contributed by atoms with E-state index in [9.17, 15) is 9.18 Å². The number of halogens is 1. The lowest BCUT2D eigenvalue weighted by atomic mass is 9.95. The summed E-state index contributed by atoms with van der Waals surface area (Å²) >= 11 is 1.72. The first-order valence-electron chi connectivity index (χ1n) is 14.9. The first-order valence-corrected chi connectivity index (χ1v) is 15.7. The predicted molar refractivity (Wildman–Crippen MR) is 168 cm³/mol. The van der Waals surface area contributed by atoms with Crippen LogP contribution in [0.15, 0.2) is 60.3 Å². The van der Waals surface area contributed by atoms with Crippen molar-refractivity contribution in [3.05, 3.63) is 71.7 Å². The summed E-state index contributed by atoms with van der Waals surface area (Å²) in [4.78, 5) is 32.0. The minimum atomic E-state index is -1.01. The molecule has 43 heavy (non-hydrogen) atoms. The average Bonchev–Trinajstić information content (AvgIpc) is 3.75. The molecule has 0 bridgehead atoms. The van der Waals surface area contributed by atoms with Gasteiger partial charge in [-0.3, -0.25) is 9.69 Å². The number of thiophene rings is 1. The molecule has 7 rings (SSSR count). The van der Waals surface area contributed by atoms with Crippen molar-refractivity contribution in [3.63, 3.8) is 0 Å². The molecule has 8 nitrogen and oxygen atoms in total. The Labute approximate surface area is 254 Å². The molecule has 4 aromatic rings. The molecule has 3 fully saturated rings. The standard InChI is InChI=1S/C33H33FN6O2S/c1-22(34)31(41)40-16-15-38(20-25(40)19-35-2)30-27-9-8-24(26-7-3-6-23-10-17-43-29(23)26)18-28(27)36-32(37-30)42-21-33-11-4-13-39(33)14-5-12-33/h3,6-10,17-18,25H,1,4-5,11-16,19-21H2/t25-/m0/s1. The van der Waals surface area contributed by atoms with Gasteiger partial charge in [0.15, 0.2) is 5.83 Å². The van der Waals surface area contributed by atoms with Gasteiger partial charge in [0.25, 0.3) is 5.91 Å². The Kier molecular flexibility index (Phi) is 7.23. The molecule has 3 saturated heterocycles. The van der Waals surface area contributed by atoms with Crippen LogP contribution in [-0.4, -0.2) is 83.1 Å². The normalized spacial score (nSPS) is 20.0. The third-order valence-corrected chi connectivity index (χ3v) is 10.3. The molecule has 2 aromatic heterocycles. The number of fused-ring (bicyclic) bond motifs is 3. The summed E-state index contributed by atoms with van der Waals surface area (Å²) in [7, 11) is 0. The van der Waals surface area contributed by atoms with Crippen LogP contribution in [0.1, 0.15) is 25.7 Å². The average molecular weight is 597 g/mol. The number of hydrogen-bond acceptors (Lipinski definition) is 7. The summed E-state index contributed by atoms with van der Waals surface area (Å²) in [5, 5.41) is 4.19. The highest BCUT2D eigenvalue weighted by Crippen LogP contribution is 2.40. The van der Waals surface area contributed by atoms with Gasteiger partial charge in [0.1, 0.15) is 18.5 Å². The smallest absolute Gasteiger partial charge is 0.319 e. The van der Waals surface area contributed by atoms with Crippen LogP contribution in [0.3, 0.4) is 0 Å². The molecule has 1 amide bonds. The summed E-state index contributed by atoms with van der Waals surface area (Å²) in [6.45, 7) is 14.5. The number of benzene rings is 2. The van der Waals surface area contributed by atoms with E-state index in [0.29, 0.717) is 31.5 Å². The molecule has 0 N–H and O–H groups in total. The highest BCUT2D eigenvalue weighted by atomic mass is 32.1. The Bertz CT molecular complexity index is 1760. The maximum absolute atomic E-state index is 13.8. The Morgan fingerprint density at radius 2 is 1.98 bits per heavy atom. The van der Waals surface area contributed by atoms with Crippen molar-refractivity contribution in [3.8, 4) is 17.1 Å². The van der Waals surface area contributed by atoms with Crippen molar-refractivity contribution in [2.24, 2.45) is 0 Å². The van der Waals surface area contributed by atoms with Gasteiger partial charge in [0.2, 0.25) is 6.54 Å². The molecule has 3 aliphatic rings. The fraction of sp³-hybridized carbons (Fsp3) is 0.394. The number of ether oxygens (including phenoxy) is 1. The van der Waals surface area contributed by atoms with Crippen LogP contribution in [0.5, 0.6) is 6.01 Å². The second kappa shape index (κ2) is 11.2. The monoisotopic (exact) mass is 596 g/mol. The fourth-order valence-corrected chi connectivity index (χ4v) is 8.11. The van der Waals surface area contributed by atoms with E-state index in [1.165, 1.54) is 27.8 Å². The van der Waals surface area contributed by atoms with Crippen LogP contribution in [0.4, 0.5) is 10.2 Å². The number of anilines is 1. The number of hydrogen-bond donors (Lipinski definition) is 0. The third-order valence-electron chi connectivity index (χ3n) is 9.30.